The van der Waals surface area contributed by atoms with E-state index in [-0.39, 0.29) is 5.56 Å². The summed E-state index contributed by atoms with van der Waals surface area (Å²) in [5, 5.41) is 4.72. The van der Waals surface area contributed by atoms with Gasteiger partial charge in [0, 0.05) is 18.9 Å². The van der Waals surface area contributed by atoms with Gasteiger partial charge in [0.25, 0.3) is 5.56 Å². The van der Waals surface area contributed by atoms with Gasteiger partial charge in [-0.15, -0.1) is 5.10 Å². The average Bonchev–Trinajstić information content (AvgIpc) is 3.44. The number of aromatic nitrogens is 6. The lowest BCUT2D eigenvalue weighted by Gasteiger charge is -2.04. The van der Waals surface area contributed by atoms with Gasteiger partial charge in [0.05, 0.1) is 0 Å². The molecule has 0 radical (unpaired) electrons. The van der Waals surface area contributed by atoms with Crippen molar-refractivity contribution >= 4 is 16.9 Å². The minimum absolute atomic E-state index is 0.0558. The summed E-state index contributed by atoms with van der Waals surface area (Å²) in [6.45, 7) is 2.67. The van der Waals surface area contributed by atoms with Crippen molar-refractivity contribution < 1.29 is 0 Å². The van der Waals surface area contributed by atoms with Crippen molar-refractivity contribution in [2.24, 2.45) is 0 Å². The van der Waals surface area contributed by atoms with E-state index in [0.29, 0.717) is 41.6 Å². The fraction of sp³-hybridized carbons (Fsp3) is 0.429. The maximum atomic E-state index is 13.1. The van der Waals surface area contributed by atoms with Crippen LogP contribution in [0.1, 0.15) is 62.2 Å². The molecule has 0 spiro atoms. The number of rotatable bonds is 5. The minimum Gasteiger partial charge on any atom is -0.336 e. The molecule has 144 valence electrons. The molecule has 7 nitrogen and oxygen atoms in total. The zero-order valence-corrected chi connectivity index (χ0v) is 16.1. The molecule has 1 aliphatic carbocycles. The molecule has 0 aliphatic heterocycles. The van der Waals surface area contributed by atoms with E-state index in [1.807, 2.05) is 18.2 Å². The van der Waals surface area contributed by atoms with Crippen LogP contribution < -0.4 is 5.56 Å². The Kier molecular flexibility index (Phi) is 4.22. The van der Waals surface area contributed by atoms with Gasteiger partial charge in [0.2, 0.25) is 5.78 Å². The largest absolute Gasteiger partial charge is 0.336 e. The Morgan fingerprint density at radius 2 is 1.93 bits per heavy atom. The SMILES string of the molecule is CCCn1c(=O)c2[nH]c(C3CCCC3)nc2n2nc(Cc3ccccc3)nc12. The second kappa shape index (κ2) is 6.89. The number of imidazole rings is 1. The van der Waals surface area contributed by atoms with Gasteiger partial charge in [-0.3, -0.25) is 9.36 Å². The molecule has 3 aromatic heterocycles. The number of nitrogens with zero attached hydrogens (tertiary/aromatic N) is 5. The van der Waals surface area contributed by atoms with Crippen LogP contribution >= 0.6 is 0 Å². The number of H-pyrrole nitrogens is 1. The number of benzene rings is 1. The van der Waals surface area contributed by atoms with Gasteiger partial charge in [0.1, 0.15) is 5.82 Å². The van der Waals surface area contributed by atoms with Crippen LogP contribution in [0.25, 0.3) is 16.9 Å². The van der Waals surface area contributed by atoms with Crippen molar-refractivity contribution in [1.29, 1.82) is 0 Å². The summed E-state index contributed by atoms with van der Waals surface area (Å²) < 4.78 is 3.47. The highest BCUT2D eigenvalue weighted by molar-refractivity contribution is 5.72. The molecule has 0 saturated heterocycles. The first-order valence-corrected chi connectivity index (χ1v) is 10.2. The molecule has 28 heavy (non-hydrogen) atoms. The van der Waals surface area contributed by atoms with Crippen LogP contribution in [0.5, 0.6) is 0 Å². The maximum Gasteiger partial charge on any atom is 0.281 e. The summed E-state index contributed by atoms with van der Waals surface area (Å²) in [5.41, 5.74) is 2.23. The first kappa shape index (κ1) is 17.2. The number of aryl methyl sites for hydroxylation is 1. The van der Waals surface area contributed by atoms with Gasteiger partial charge < -0.3 is 4.98 Å². The normalized spacial score (nSPS) is 15.2. The van der Waals surface area contributed by atoms with Crippen LogP contribution in [0.15, 0.2) is 35.1 Å². The molecule has 0 atom stereocenters. The molecule has 3 heterocycles. The molecule has 1 N–H and O–H groups in total. The van der Waals surface area contributed by atoms with Crippen molar-refractivity contribution in [3.63, 3.8) is 0 Å². The molecule has 1 fully saturated rings. The van der Waals surface area contributed by atoms with E-state index >= 15 is 0 Å². The van der Waals surface area contributed by atoms with Gasteiger partial charge in [-0.1, -0.05) is 50.1 Å². The standard InChI is InChI=1S/C21H24N6O/c1-2-12-26-20(28)17-19(24-18(23-17)15-10-6-7-11-15)27-21(26)22-16(25-27)13-14-8-4-3-5-9-14/h3-5,8-9,15H,2,6-7,10-13H2,1H3,(H,23,24). The number of fused-ring (bicyclic) bond motifs is 3. The molecule has 0 unspecified atom stereocenters. The van der Waals surface area contributed by atoms with Gasteiger partial charge in [-0.2, -0.15) is 9.50 Å². The Bertz CT molecular complexity index is 1180. The van der Waals surface area contributed by atoms with Crippen LogP contribution in [0.2, 0.25) is 0 Å². The van der Waals surface area contributed by atoms with Gasteiger partial charge >= 0.3 is 0 Å². The van der Waals surface area contributed by atoms with Gasteiger partial charge in [-0.25, -0.2) is 4.98 Å². The third kappa shape index (κ3) is 2.82. The van der Waals surface area contributed by atoms with E-state index < -0.39 is 0 Å². The number of hydrogen-bond acceptors (Lipinski definition) is 4. The van der Waals surface area contributed by atoms with E-state index in [4.69, 9.17) is 15.1 Å². The fourth-order valence-corrected chi connectivity index (χ4v) is 4.24. The number of nitrogens with one attached hydrogen (secondary N) is 1. The van der Waals surface area contributed by atoms with Crippen molar-refractivity contribution in [1.82, 2.24) is 29.1 Å². The molecule has 0 bridgehead atoms. The highest BCUT2D eigenvalue weighted by Gasteiger charge is 2.24. The topological polar surface area (TPSA) is 80.9 Å². The zero-order valence-electron chi connectivity index (χ0n) is 16.1. The van der Waals surface area contributed by atoms with E-state index in [1.165, 1.54) is 12.8 Å². The fourth-order valence-electron chi connectivity index (χ4n) is 4.24. The molecule has 7 heteroatoms. The molecule has 5 rings (SSSR count). The summed E-state index contributed by atoms with van der Waals surface area (Å²) in [7, 11) is 0. The minimum atomic E-state index is -0.0558. The number of aromatic amines is 1. The van der Waals surface area contributed by atoms with Crippen LogP contribution in [0, 0.1) is 0 Å². The second-order valence-electron chi connectivity index (χ2n) is 7.66. The lowest BCUT2D eigenvalue weighted by Crippen LogP contribution is -2.23. The Balaban J connectivity index is 1.69. The smallest absolute Gasteiger partial charge is 0.281 e. The maximum absolute atomic E-state index is 13.1. The lowest BCUT2D eigenvalue weighted by atomic mass is 10.1. The van der Waals surface area contributed by atoms with Crippen LogP contribution in [-0.2, 0) is 13.0 Å². The Hall–Kier alpha value is -2.96. The van der Waals surface area contributed by atoms with Crippen molar-refractivity contribution in [2.75, 3.05) is 0 Å². The Morgan fingerprint density at radius 1 is 1.14 bits per heavy atom. The summed E-state index contributed by atoms with van der Waals surface area (Å²) in [4.78, 5) is 26.0. The lowest BCUT2D eigenvalue weighted by molar-refractivity contribution is 0.659. The monoisotopic (exact) mass is 376 g/mol. The second-order valence-corrected chi connectivity index (χ2v) is 7.66. The van der Waals surface area contributed by atoms with Crippen LogP contribution in [0.4, 0.5) is 0 Å². The summed E-state index contributed by atoms with van der Waals surface area (Å²) in [6, 6.07) is 10.1. The summed E-state index contributed by atoms with van der Waals surface area (Å²) in [6.07, 6.45) is 6.19. The zero-order chi connectivity index (χ0) is 19.1. The third-order valence-electron chi connectivity index (χ3n) is 5.63. The molecule has 4 aromatic rings. The van der Waals surface area contributed by atoms with Crippen molar-refractivity contribution in [2.45, 2.75) is 57.9 Å². The van der Waals surface area contributed by atoms with E-state index in [1.54, 1.807) is 9.08 Å². The highest BCUT2D eigenvalue weighted by Crippen LogP contribution is 2.33. The Morgan fingerprint density at radius 3 is 2.68 bits per heavy atom. The summed E-state index contributed by atoms with van der Waals surface area (Å²) in [5.74, 6) is 2.61. The van der Waals surface area contributed by atoms with Crippen molar-refractivity contribution in [3.05, 3.63) is 57.9 Å². The highest BCUT2D eigenvalue weighted by atomic mass is 16.1. The third-order valence-corrected chi connectivity index (χ3v) is 5.63. The molecule has 1 saturated carbocycles. The van der Waals surface area contributed by atoms with Gasteiger partial charge in [-0.05, 0) is 24.8 Å². The molecule has 1 aromatic carbocycles. The van der Waals surface area contributed by atoms with Gasteiger partial charge in [0.15, 0.2) is 17.0 Å². The molecule has 1 aliphatic rings. The first-order valence-electron chi connectivity index (χ1n) is 10.2. The predicted molar refractivity (Wildman–Crippen MR) is 108 cm³/mol. The van der Waals surface area contributed by atoms with Crippen LogP contribution in [-0.4, -0.2) is 29.1 Å². The number of hydrogen-bond donors (Lipinski definition) is 1. The van der Waals surface area contributed by atoms with E-state index in [9.17, 15) is 4.79 Å². The van der Waals surface area contributed by atoms with E-state index in [2.05, 4.69) is 24.0 Å². The quantitative estimate of drug-likeness (QED) is 0.579. The van der Waals surface area contributed by atoms with Crippen molar-refractivity contribution in [3.8, 4) is 0 Å². The van der Waals surface area contributed by atoms with E-state index in [0.717, 1.165) is 30.7 Å². The molecule has 0 amide bonds. The summed E-state index contributed by atoms with van der Waals surface area (Å²) >= 11 is 0. The predicted octanol–water partition coefficient (Wildman–Crippen LogP) is 3.43. The Labute approximate surface area is 162 Å². The molecular formula is C21H24N6O. The van der Waals surface area contributed by atoms with Crippen LogP contribution in [0.3, 0.4) is 0 Å². The molecular weight excluding hydrogens is 352 g/mol. The first-order chi connectivity index (χ1) is 13.7. The average molecular weight is 376 g/mol.